The Bertz CT molecular complexity index is 896. The first-order valence-electron chi connectivity index (χ1n) is 10.3. The minimum Gasteiger partial charge on any atom is -0.351 e. The van der Waals surface area contributed by atoms with Crippen LogP contribution in [-0.4, -0.2) is 12.5 Å². The van der Waals surface area contributed by atoms with Gasteiger partial charge in [-0.05, 0) is 85.0 Å². The van der Waals surface area contributed by atoms with Crippen molar-refractivity contribution in [3.05, 3.63) is 69.7 Å². The van der Waals surface area contributed by atoms with Gasteiger partial charge in [-0.3, -0.25) is 4.79 Å². The van der Waals surface area contributed by atoms with Gasteiger partial charge in [-0.2, -0.15) is 0 Å². The molecule has 2 unspecified atom stereocenters. The summed E-state index contributed by atoms with van der Waals surface area (Å²) in [6.07, 6.45) is 7.66. The number of hydrogen-bond donors (Lipinski definition) is 1. The number of benzene rings is 2. The Morgan fingerprint density at radius 3 is 2.39 bits per heavy atom. The Morgan fingerprint density at radius 1 is 1.00 bits per heavy atom. The van der Waals surface area contributed by atoms with E-state index in [2.05, 4.69) is 35.6 Å². The summed E-state index contributed by atoms with van der Waals surface area (Å²) < 4.78 is 0. The number of amides is 1. The Balaban J connectivity index is 1.37. The standard InChI is InChI=1S/C24H25Cl2NO/c25-19-6-7-20(21(26)9-19)22(28)27-15-23-10-16-8-17(11-23)13-24(12-16,14-23)18-4-2-1-3-5-18/h1-7,9,16-17H,8,10-15H2,(H,27,28). The van der Waals surface area contributed by atoms with Crippen molar-refractivity contribution in [1.29, 1.82) is 0 Å². The molecular formula is C24H25Cl2NO. The van der Waals surface area contributed by atoms with E-state index in [1.165, 1.54) is 44.1 Å². The molecule has 4 aliphatic rings. The Hall–Kier alpha value is -1.51. The Kier molecular flexibility index (Phi) is 4.48. The molecule has 4 bridgehead atoms. The molecule has 0 spiro atoms. The van der Waals surface area contributed by atoms with Gasteiger partial charge in [0.05, 0.1) is 10.6 Å². The summed E-state index contributed by atoms with van der Waals surface area (Å²) in [6.45, 7) is 0.742. The molecular weight excluding hydrogens is 389 g/mol. The average Bonchev–Trinajstić information content (AvgIpc) is 2.66. The largest absolute Gasteiger partial charge is 0.351 e. The van der Waals surface area contributed by atoms with Crippen LogP contribution < -0.4 is 5.32 Å². The maximum atomic E-state index is 12.8. The highest BCUT2D eigenvalue weighted by molar-refractivity contribution is 6.36. The van der Waals surface area contributed by atoms with Crippen molar-refractivity contribution < 1.29 is 4.79 Å². The predicted octanol–water partition coefficient (Wildman–Crippen LogP) is 6.26. The lowest BCUT2D eigenvalue weighted by atomic mass is 9.43. The number of halogens is 2. The van der Waals surface area contributed by atoms with Gasteiger partial charge in [0.25, 0.3) is 5.91 Å². The van der Waals surface area contributed by atoms with Crippen molar-refractivity contribution >= 4 is 29.1 Å². The lowest BCUT2D eigenvalue weighted by molar-refractivity contribution is -0.0697. The third-order valence-corrected chi connectivity index (χ3v) is 7.92. The van der Waals surface area contributed by atoms with E-state index < -0.39 is 0 Å². The molecule has 2 aromatic carbocycles. The molecule has 4 fully saturated rings. The van der Waals surface area contributed by atoms with Gasteiger partial charge in [0.15, 0.2) is 0 Å². The highest BCUT2D eigenvalue weighted by atomic mass is 35.5. The third kappa shape index (κ3) is 3.15. The van der Waals surface area contributed by atoms with E-state index in [1.807, 2.05) is 0 Å². The summed E-state index contributed by atoms with van der Waals surface area (Å²) in [7, 11) is 0. The zero-order valence-electron chi connectivity index (χ0n) is 15.9. The Morgan fingerprint density at radius 2 is 1.71 bits per heavy atom. The molecule has 0 radical (unpaired) electrons. The molecule has 0 aliphatic heterocycles. The second-order valence-corrected chi connectivity index (χ2v) is 10.3. The number of carbonyl (C=O) groups is 1. The molecule has 2 atom stereocenters. The molecule has 28 heavy (non-hydrogen) atoms. The molecule has 4 heteroatoms. The quantitative estimate of drug-likeness (QED) is 0.629. The summed E-state index contributed by atoms with van der Waals surface area (Å²) in [5.74, 6) is 1.49. The van der Waals surface area contributed by atoms with E-state index in [4.69, 9.17) is 23.2 Å². The second-order valence-electron chi connectivity index (χ2n) is 9.41. The molecule has 2 nitrogen and oxygen atoms in total. The summed E-state index contributed by atoms with van der Waals surface area (Å²) in [6, 6.07) is 16.1. The SMILES string of the molecule is O=C(NCC12CC3CC(C1)CC(c1ccccc1)(C3)C2)c1ccc(Cl)cc1Cl. The molecule has 1 amide bonds. The zero-order valence-corrected chi connectivity index (χ0v) is 17.4. The minimum absolute atomic E-state index is 0.0915. The van der Waals surface area contributed by atoms with Gasteiger partial charge in [-0.25, -0.2) is 0 Å². The van der Waals surface area contributed by atoms with Gasteiger partial charge < -0.3 is 5.32 Å². The van der Waals surface area contributed by atoms with Crippen LogP contribution in [0.3, 0.4) is 0 Å². The predicted molar refractivity (Wildman–Crippen MR) is 114 cm³/mol. The Labute approximate surface area is 176 Å². The number of nitrogens with one attached hydrogen (secondary N) is 1. The van der Waals surface area contributed by atoms with Crippen LogP contribution in [0.5, 0.6) is 0 Å². The van der Waals surface area contributed by atoms with E-state index in [0.717, 1.165) is 18.4 Å². The zero-order chi connectivity index (χ0) is 19.4. The fourth-order valence-corrected chi connectivity index (χ4v) is 7.32. The van der Waals surface area contributed by atoms with E-state index in [9.17, 15) is 4.79 Å². The molecule has 2 aromatic rings. The van der Waals surface area contributed by atoms with Crippen molar-refractivity contribution in [1.82, 2.24) is 5.32 Å². The van der Waals surface area contributed by atoms with Crippen LogP contribution in [-0.2, 0) is 5.41 Å². The van der Waals surface area contributed by atoms with Crippen LogP contribution >= 0.6 is 23.2 Å². The maximum absolute atomic E-state index is 12.8. The van der Waals surface area contributed by atoms with Crippen LogP contribution in [0, 0.1) is 17.3 Å². The van der Waals surface area contributed by atoms with Crippen LogP contribution in [0.15, 0.2) is 48.5 Å². The van der Waals surface area contributed by atoms with Crippen molar-refractivity contribution in [3.8, 4) is 0 Å². The van der Waals surface area contributed by atoms with Gasteiger partial charge in [0.2, 0.25) is 0 Å². The number of hydrogen-bond acceptors (Lipinski definition) is 1. The lowest BCUT2D eigenvalue weighted by Crippen LogP contribution is -2.57. The van der Waals surface area contributed by atoms with Crippen LogP contribution in [0.1, 0.15) is 54.4 Å². The fourth-order valence-electron chi connectivity index (χ4n) is 6.83. The molecule has 0 saturated heterocycles. The van der Waals surface area contributed by atoms with Gasteiger partial charge in [-0.15, -0.1) is 0 Å². The highest BCUT2D eigenvalue weighted by Crippen LogP contribution is 2.65. The molecule has 146 valence electrons. The maximum Gasteiger partial charge on any atom is 0.252 e. The van der Waals surface area contributed by atoms with E-state index in [1.54, 1.807) is 18.2 Å². The van der Waals surface area contributed by atoms with E-state index in [-0.39, 0.29) is 11.3 Å². The average molecular weight is 414 g/mol. The minimum atomic E-state index is -0.0915. The normalized spacial score (nSPS) is 33.1. The summed E-state index contributed by atoms with van der Waals surface area (Å²) in [5.41, 5.74) is 2.52. The first-order valence-corrected chi connectivity index (χ1v) is 11.0. The first-order chi connectivity index (χ1) is 13.5. The molecule has 6 rings (SSSR count). The van der Waals surface area contributed by atoms with Crippen molar-refractivity contribution in [2.75, 3.05) is 6.54 Å². The first kappa shape index (κ1) is 18.5. The third-order valence-electron chi connectivity index (χ3n) is 7.37. The van der Waals surface area contributed by atoms with Crippen LogP contribution in [0.2, 0.25) is 10.0 Å². The molecule has 4 aliphatic carbocycles. The van der Waals surface area contributed by atoms with Gasteiger partial charge >= 0.3 is 0 Å². The second kappa shape index (κ2) is 6.78. The molecule has 0 heterocycles. The number of rotatable bonds is 4. The van der Waals surface area contributed by atoms with Crippen molar-refractivity contribution in [3.63, 3.8) is 0 Å². The van der Waals surface area contributed by atoms with Crippen LogP contribution in [0.4, 0.5) is 0 Å². The monoisotopic (exact) mass is 413 g/mol. The number of carbonyl (C=O) groups excluding carboxylic acids is 1. The summed E-state index contributed by atoms with van der Waals surface area (Å²) in [4.78, 5) is 12.8. The lowest BCUT2D eigenvalue weighted by Gasteiger charge is -2.62. The fraction of sp³-hybridized carbons (Fsp3) is 0.458. The summed E-state index contributed by atoms with van der Waals surface area (Å²) in [5, 5.41) is 4.18. The van der Waals surface area contributed by atoms with E-state index in [0.29, 0.717) is 21.0 Å². The van der Waals surface area contributed by atoms with E-state index >= 15 is 0 Å². The molecule has 4 saturated carbocycles. The van der Waals surface area contributed by atoms with Gasteiger partial charge in [0.1, 0.15) is 0 Å². The van der Waals surface area contributed by atoms with Crippen molar-refractivity contribution in [2.24, 2.45) is 17.3 Å². The molecule has 0 aromatic heterocycles. The smallest absolute Gasteiger partial charge is 0.252 e. The summed E-state index contributed by atoms with van der Waals surface area (Å²) >= 11 is 12.2. The van der Waals surface area contributed by atoms with Gasteiger partial charge in [-0.1, -0.05) is 53.5 Å². The van der Waals surface area contributed by atoms with Gasteiger partial charge in [0, 0.05) is 11.6 Å². The highest BCUT2D eigenvalue weighted by Gasteiger charge is 2.57. The molecule has 1 N–H and O–H groups in total. The van der Waals surface area contributed by atoms with Crippen molar-refractivity contribution in [2.45, 2.75) is 43.9 Å². The van der Waals surface area contributed by atoms with Crippen LogP contribution in [0.25, 0.3) is 0 Å². The topological polar surface area (TPSA) is 29.1 Å².